The quantitative estimate of drug-likeness (QED) is 0.746. The number of nitrogens with one attached hydrogen (secondary N) is 1. The van der Waals surface area contributed by atoms with Crippen molar-refractivity contribution in [3.8, 4) is 11.4 Å². The molecule has 21 heavy (non-hydrogen) atoms. The Morgan fingerprint density at radius 1 is 1.00 bits per heavy atom. The van der Waals surface area contributed by atoms with Crippen molar-refractivity contribution in [2.45, 2.75) is 0 Å². The number of anilines is 2. The van der Waals surface area contributed by atoms with Gasteiger partial charge in [0.2, 0.25) is 5.95 Å². The summed E-state index contributed by atoms with van der Waals surface area (Å²) in [6.07, 6.45) is 6.19. The lowest BCUT2D eigenvalue weighted by Crippen LogP contribution is -2.00. The highest BCUT2D eigenvalue weighted by atomic mass is 35.5. The van der Waals surface area contributed by atoms with Gasteiger partial charge in [-0.05, 0) is 18.2 Å². The summed E-state index contributed by atoms with van der Waals surface area (Å²) in [5.41, 5.74) is 1.36. The Bertz CT molecular complexity index is 780. The van der Waals surface area contributed by atoms with E-state index in [0.717, 1.165) is 5.56 Å². The van der Waals surface area contributed by atoms with E-state index in [1.54, 1.807) is 36.8 Å². The number of hydrogen-bond acceptors (Lipinski definition) is 6. The van der Waals surface area contributed by atoms with Gasteiger partial charge < -0.3 is 5.32 Å². The van der Waals surface area contributed by atoms with Crippen molar-refractivity contribution in [1.82, 2.24) is 24.9 Å². The van der Waals surface area contributed by atoms with Gasteiger partial charge in [0, 0.05) is 18.0 Å². The van der Waals surface area contributed by atoms with E-state index in [9.17, 15) is 0 Å². The number of nitrogens with zero attached hydrogens (tertiary/aromatic N) is 5. The van der Waals surface area contributed by atoms with Crippen LogP contribution in [-0.4, -0.2) is 24.9 Å². The van der Waals surface area contributed by atoms with Gasteiger partial charge in [0.05, 0.1) is 16.9 Å². The molecule has 6 nitrogen and oxygen atoms in total. The van der Waals surface area contributed by atoms with Gasteiger partial charge >= 0.3 is 0 Å². The lowest BCUT2D eigenvalue weighted by Gasteiger charge is -2.07. The number of pyridine rings is 2. The minimum Gasteiger partial charge on any atom is -0.321 e. The third kappa shape index (κ3) is 3.24. The molecule has 0 radical (unpaired) electrons. The molecule has 0 spiro atoms. The van der Waals surface area contributed by atoms with E-state index in [1.165, 1.54) is 6.33 Å². The summed E-state index contributed by atoms with van der Waals surface area (Å²) < 4.78 is 0. The minimum atomic E-state index is 0.364. The standard InChI is InChI=1S/C13H8Cl2N6/c14-9-2-3-16-6-10(9)20-13-19-7-18-12(21-13)8-1-4-17-11(15)5-8/h1-7H,(H,18,19,20,21). The zero-order valence-electron chi connectivity index (χ0n) is 10.5. The van der Waals surface area contributed by atoms with Crippen LogP contribution in [0.1, 0.15) is 0 Å². The molecule has 8 heteroatoms. The molecule has 0 aromatic carbocycles. The maximum atomic E-state index is 6.05. The summed E-state index contributed by atoms with van der Waals surface area (Å²) in [4.78, 5) is 20.4. The van der Waals surface area contributed by atoms with Crippen LogP contribution in [0.3, 0.4) is 0 Å². The molecule has 0 aliphatic carbocycles. The first-order chi connectivity index (χ1) is 10.2. The van der Waals surface area contributed by atoms with E-state index in [0.29, 0.717) is 27.6 Å². The Morgan fingerprint density at radius 3 is 2.71 bits per heavy atom. The van der Waals surface area contributed by atoms with Crippen LogP contribution in [0, 0.1) is 0 Å². The van der Waals surface area contributed by atoms with Crippen LogP contribution >= 0.6 is 23.2 Å². The fourth-order valence-electron chi connectivity index (χ4n) is 1.63. The van der Waals surface area contributed by atoms with Crippen LogP contribution < -0.4 is 5.32 Å². The van der Waals surface area contributed by atoms with Crippen molar-refractivity contribution in [1.29, 1.82) is 0 Å². The highest BCUT2D eigenvalue weighted by Gasteiger charge is 2.07. The molecular weight excluding hydrogens is 311 g/mol. The van der Waals surface area contributed by atoms with Gasteiger partial charge in [0.1, 0.15) is 11.5 Å². The number of halogens is 2. The first-order valence-electron chi connectivity index (χ1n) is 5.90. The summed E-state index contributed by atoms with van der Waals surface area (Å²) in [5, 5.41) is 3.89. The van der Waals surface area contributed by atoms with Crippen LogP contribution in [0.2, 0.25) is 10.2 Å². The molecule has 0 unspecified atom stereocenters. The predicted molar refractivity (Wildman–Crippen MR) is 80.6 cm³/mol. The highest BCUT2D eigenvalue weighted by molar-refractivity contribution is 6.33. The van der Waals surface area contributed by atoms with Crippen molar-refractivity contribution in [3.63, 3.8) is 0 Å². The fraction of sp³-hybridized carbons (Fsp3) is 0. The molecule has 0 bridgehead atoms. The van der Waals surface area contributed by atoms with Gasteiger partial charge in [-0.3, -0.25) is 4.98 Å². The molecule has 0 saturated heterocycles. The molecule has 1 N–H and O–H groups in total. The van der Waals surface area contributed by atoms with Crippen molar-refractivity contribution in [2.75, 3.05) is 5.32 Å². The molecule has 0 aliphatic rings. The summed E-state index contributed by atoms with van der Waals surface area (Å²) in [5.74, 6) is 0.847. The molecule has 3 rings (SSSR count). The van der Waals surface area contributed by atoms with Crippen LogP contribution in [0.4, 0.5) is 11.6 Å². The van der Waals surface area contributed by atoms with Crippen LogP contribution in [-0.2, 0) is 0 Å². The summed E-state index contributed by atoms with van der Waals surface area (Å²) in [6, 6.07) is 5.12. The van der Waals surface area contributed by atoms with Crippen LogP contribution in [0.5, 0.6) is 0 Å². The first kappa shape index (κ1) is 13.7. The fourth-order valence-corrected chi connectivity index (χ4v) is 1.95. The average Bonchev–Trinajstić information content (AvgIpc) is 2.50. The monoisotopic (exact) mass is 318 g/mol. The van der Waals surface area contributed by atoms with Crippen molar-refractivity contribution < 1.29 is 0 Å². The van der Waals surface area contributed by atoms with Gasteiger partial charge in [-0.15, -0.1) is 0 Å². The molecule has 104 valence electrons. The topological polar surface area (TPSA) is 76.5 Å². The Hall–Kier alpha value is -2.31. The van der Waals surface area contributed by atoms with Crippen molar-refractivity contribution >= 4 is 34.8 Å². The molecule has 3 aromatic heterocycles. The summed E-state index contributed by atoms with van der Waals surface area (Å²) in [7, 11) is 0. The van der Waals surface area contributed by atoms with E-state index in [1.807, 2.05) is 0 Å². The number of hydrogen-bond donors (Lipinski definition) is 1. The molecule has 0 atom stereocenters. The Balaban J connectivity index is 1.92. The summed E-state index contributed by atoms with van der Waals surface area (Å²) >= 11 is 11.9. The lowest BCUT2D eigenvalue weighted by atomic mass is 10.2. The second-order valence-corrected chi connectivity index (χ2v) is 4.77. The van der Waals surface area contributed by atoms with E-state index in [-0.39, 0.29) is 0 Å². The molecule has 0 fully saturated rings. The van der Waals surface area contributed by atoms with Gasteiger partial charge in [0.25, 0.3) is 0 Å². The lowest BCUT2D eigenvalue weighted by molar-refractivity contribution is 1.06. The van der Waals surface area contributed by atoms with Gasteiger partial charge in [-0.2, -0.15) is 4.98 Å². The number of rotatable bonds is 3. The van der Waals surface area contributed by atoms with Crippen molar-refractivity contribution in [3.05, 3.63) is 53.3 Å². The maximum absolute atomic E-state index is 6.05. The van der Waals surface area contributed by atoms with E-state index < -0.39 is 0 Å². The maximum Gasteiger partial charge on any atom is 0.230 e. The zero-order valence-corrected chi connectivity index (χ0v) is 12.0. The Kier molecular flexibility index (Phi) is 3.89. The largest absolute Gasteiger partial charge is 0.321 e. The number of aromatic nitrogens is 5. The molecule has 3 aromatic rings. The molecule has 0 amide bonds. The predicted octanol–water partition coefficient (Wildman–Crippen LogP) is 3.38. The molecule has 0 saturated carbocycles. The zero-order chi connectivity index (χ0) is 14.7. The third-order valence-corrected chi connectivity index (χ3v) is 3.11. The van der Waals surface area contributed by atoms with Crippen molar-refractivity contribution in [2.24, 2.45) is 0 Å². The first-order valence-corrected chi connectivity index (χ1v) is 6.65. The van der Waals surface area contributed by atoms with Crippen LogP contribution in [0.25, 0.3) is 11.4 Å². The average molecular weight is 319 g/mol. The van der Waals surface area contributed by atoms with Gasteiger partial charge in [-0.25, -0.2) is 15.0 Å². The van der Waals surface area contributed by atoms with Gasteiger partial charge in [-0.1, -0.05) is 23.2 Å². The van der Waals surface area contributed by atoms with E-state index >= 15 is 0 Å². The van der Waals surface area contributed by atoms with E-state index in [4.69, 9.17) is 23.2 Å². The SMILES string of the molecule is Clc1cc(-c2ncnc(Nc3cnccc3Cl)n2)ccn1. The third-order valence-electron chi connectivity index (χ3n) is 2.57. The molecular formula is C13H8Cl2N6. The second-order valence-electron chi connectivity index (χ2n) is 3.98. The summed E-state index contributed by atoms with van der Waals surface area (Å²) in [6.45, 7) is 0. The smallest absolute Gasteiger partial charge is 0.230 e. The normalized spacial score (nSPS) is 10.4. The highest BCUT2D eigenvalue weighted by Crippen LogP contribution is 2.23. The van der Waals surface area contributed by atoms with E-state index in [2.05, 4.69) is 30.2 Å². The minimum absolute atomic E-state index is 0.364. The Morgan fingerprint density at radius 2 is 1.90 bits per heavy atom. The van der Waals surface area contributed by atoms with Gasteiger partial charge in [0.15, 0.2) is 5.82 Å². The second kappa shape index (κ2) is 5.99. The molecule has 0 aliphatic heterocycles. The van der Waals surface area contributed by atoms with Crippen LogP contribution in [0.15, 0.2) is 43.1 Å². The Labute approximate surface area is 130 Å². The molecule has 3 heterocycles.